The zero-order valence-corrected chi connectivity index (χ0v) is 23.7. The van der Waals surface area contributed by atoms with E-state index in [1.807, 2.05) is 75.4 Å². The molecule has 1 N–H and O–H groups in total. The molecule has 3 aromatic carbocycles. The summed E-state index contributed by atoms with van der Waals surface area (Å²) in [6.07, 6.45) is 1.32. The molecular weight excluding hydrogens is 522 g/mol. The molecule has 0 aliphatic carbocycles. The van der Waals surface area contributed by atoms with Crippen LogP contribution in [0.3, 0.4) is 0 Å². The average Bonchev–Trinajstić information content (AvgIpc) is 2.85. The molecule has 0 unspecified atom stereocenters. The van der Waals surface area contributed by atoms with Gasteiger partial charge in [-0.2, -0.15) is 0 Å². The minimum Gasteiger partial charge on any atom is -0.352 e. The summed E-state index contributed by atoms with van der Waals surface area (Å²) in [5.74, 6) is -0.797. The fourth-order valence-electron chi connectivity index (χ4n) is 4.16. The predicted octanol–water partition coefficient (Wildman–Crippen LogP) is 4.58. The Morgan fingerprint density at radius 2 is 1.55 bits per heavy atom. The van der Waals surface area contributed by atoms with Gasteiger partial charge in [-0.3, -0.25) is 13.9 Å². The molecule has 2 amide bonds. The molecule has 0 aliphatic heterocycles. The highest BCUT2D eigenvalue weighted by Gasteiger charge is 2.33. The molecule has 0 saturated heterocycles. The van der Waals surface area contributed by atoms with Crippen molar-refractivity contribution in [3.05, 3.63) is 101 Å². The van der Waals surface area contributed by atoms with Gasteiger partial charge in [0.05, 0.1) is 11.9 Å². The summed E-state index contributed by atoms with van der Waals surface area (Å²) >= 11 is 6.00. The largest absolute Gasteiger partial charge is 0.352 e. The van der Waals surface area contributed by atoms with Crippen LogP contribution in [0.5, 0.6) is 0 Å². The smallest absolute Gasteiger partial charge is 0.244 e. The van der Waals surface area contributed by atoms with Crippen molar-refractivity contribution in [3.8, 4) is 0 Å². The number of halogens is 1. The van der Waals surface area contributed by atoms with Crippen molar-refractivity contribution in [2.45, 2.75) is 45.8 Å². The number of rotatable bonds is 11. The Morgan fingerprint density at radius 3 is 2.13 bits per heavy atom. The SMILES string of the molecule is Cc1cccc(CN(C(=O)CN(c2ccc(Cl)cc2)S(C)(=O)=O)[C@@H](Cc2ccccc2)C(=O)NC(C)C)c1. The number of nitrogens with zero attached hydrogens (tertiary/aromatic N) is 2. The van der Waals surface area contributed by atoms with Gasteiger partial charge in [0.2, 0.25) is 21.8 Å². The Labute approximate surface area is 230 Å². The Kier molecular flexibility index (Phi) is 9.94. The number of hydrogen-bond donors (Lipinski definition) is 1. The van der Waals surface area contributed by atoms with Crippen LogP contribution < -0.4 is 9.62 Å². The molecule has 0 spiro atoms. The van der Waals surface area contributed by atoms with Crippen LogP contribution in [0.1, 0.15) is 30.5 Å². The summed E-state index contributed by atoms with van der Waals surface area (Å²) in [6, 6.07) is 22.4. The first-order valence-corrected chi connectivity index (χ1v) is 14.6. The fourth-order valence-corrected chi connectivity index (χ4v) is 5.14. The summed E-state index contributed by atoms with van der Waals surface area (Å²) < 4.78 is 26.6. The summed E-state index contributed by atoms with van der Waals surface area (Å²) in [4.78, 5) is 28.9. The molecule has 3 rings (SSSR count). The average molecular weight is 556 g/mol. The molecule has 38 heavy (non-hydrogen) atoms. The van der Waals surface area contributed by atoms with Crippen molar-refractivity contribution in [2.75, 3.05) is 17.1 Å². The first-order valence-electron chi connectivity index (χ1n) is 12.4. The second kappa shape index (κ2) is 12.9. The van der Waals surface area contributed by atoms with Gasteiger partial charge < -0.3 is 10.2 Å². The van der Waals surface area contributed by atoms with E-state index in [1.54, 1.807) is 24.3 Å². The van der Waals surface area contributed by atoms with E-state index in [2.05, 4.69) is 5.32 Å². The number of hydrogen-bond acceptors (Lipinski definition) is 4. The molecule has 3 aromatic rings. The monoisotopic (exact) mass is 555 g/mol. The molecule has 0 aliphatic rings. The van der Waals surface area contributed by atoms with Gasteiger partial charge in [0, 0.05) is 24.0 Å². The summed E-state index contributed by atoms with van der Waals surface area (Å²) in [5, 5.41) is 3.38. The normalized spacial score (nSPS) is 12.2. The van der Waals surface area contributed by atoms with Gasteiger partial charge in [0.15, 0.2) is 0 Å². The van der Waals surface area contributed by atoms with E-state index in [9.17, 15) is 18.0 Å². The third-order valence-electron chi connectivity index (χ3n) is 5.93. The number of anilines is 1. The highest BCUT2D eigenvalue weighted by molar-refractivity contribution is 7.92. The number of carbonyl (C=O) groups is 2. The lowest BCUT2D eigenvalue weighted by Crippen LogP contribution is -2.54. The highest BCUT2D eigenvalue weighted by Crippen LogP contribution is 2.22. The van der Waals surface area contributed by atoms with Crippen molar-refractivity contribution in [3.63, 3.8) is 0 Å². The number of benzene rings is 3. The van der Waals surface area contributed by atoms with Gasteiger partial charge in [0.1, 0.15) is 12.6 Å². The molecule has 0 saturated carbocycles. The van der Waals surface area contributed by atoms with Crippen molar-refractivity contribution in [1.82, 2.24) is 10.2 Å². The van der Waals surface area contributed by atoms with Crippen LogP contribution in [-0.2, 0) is 32.6 Å². The molecule has 7 nitrogen and oxygen atoms in total. The Bertz CT molecular complexity index is 1350. The van der Waals surface area contributed by atoms with E-state index in [0.29, 0.717) is 10.7 Å². The number of amides is 2. The first-order chi connectivity index (χ1) is 17.9. The Morgan fingerprint density at radius 1 is 0.921 bits per heavy atom. The summed E-state index contributed by atoms with van der Waals surface area (Å²) in [6.45, 7) is 5.34. The van der Waals surface area contributed by atoms with Crippen LogP contribution in [0.15, 0.2) is 78.9 Å². The number of sulfonamides is 1. The van der Waals surface area contributed by atoms with E-state index >= 15 is 0 Å². The number of nitrogens with one attached hydrogen (secondary N) is 1. The maximum Gasteiger partial charge on any atom is 0.244 e. The minimum atomic E-state index is -3.82. The van der Waals surface area contributed by atoms with Crippen molar-refractivity contribution in [2.24, 2.45) is 0 Å². The van der Waals surface area contributed by atoms with Crippen LogP contribution in [0.25, 0.3) is 0 Å². The van der Waals surface area contributed by atoms with Crippen LogP contribution in [0.4, 0.5) is 5.69 Å². The lowest BCUT2D eigenvalue weighted by Gasteiger charge is -2.34. The predicted molar refractivity (Wildman–Crippen MR) is 153 cm³/mol. The number of carbonyl (C=O) groups excluding carboxylic acids is 2. The van der Waals surface area contributed by atoms with Gasteiger partial charge in [-0.25, -0.2) is 8.42 Å². The molecule has 0 heterocycles. The van der Waals surface area contributed by atoms with Gasteiger partial charge in [-0.15, -0.1) is 0 Å². The molecule has 0 fully saturated rings. The summed E-state index contributed by atoms with van der Waals surface area (Å²) in [7, 11) is -3.82. The fraction of sp³-hybridized carbons (Fsp3) is 0.310. The molecule has 9 heteroatoms. The van der Waals surface area contributed by atoms with Crippen LogP contribution in [0.2, 0.25) is 5.02 Å². The maximum atomic E-state index is 14.0. The summed E-state index contributed by atoms with van der Waals surface area (Å²) in [5.41, 5.74) is 3.05. The second-order valence-corrected chi connectivity index (χ2v) is 12.0. The lowest BCUT2D eigenvalue weighted by atomic mass is 10.0. The lowest BCUT2D eigenvalue weighted by molar-refractivity contribution is -0.140. The van der Waals surface area contributed by atoms with E-state index in [4.69, 9.17) is 11.6 Å². The van der Waals surface area contributed by atoms with E-state index < -0.39 is 28.5 Å². The van der Waals surface area contributed by atoms with Crippen LogP contribution in [-0.4, -0.2) is 50.0 Å². The second-order valence-electron chi connectivity index (χ2n) is 9.63. The van der Waals surface area contributed by atoms with Crippen molar-refractivity contribution in [1.29, 1.82) is 0 Å². The molecule has 202 valence electrons. The van der Waals surface area contributed by atoms with Gasteiger partial charge in [0.25, 0.3) is 0 Å². The zero-order chi connectivity index (χ0) is 27.9. The van der Waals surface area contributed by atoms with Crippen LogP contribution >= 0.6 is 11.6 Å². The van der Waals surface area contributed by atoms with Gasteiger partial charge in [-0.1, -0.05) is 71.8 Å². The minimum absolute atomic E-state index is 0.140. The van der Waals surface area contributed by atoms with E-state index in [0.717, 1.165) is 27.3 Å². The zero-order valence-electron chi connectivity index (χ0n) is 22.1. The number of aryl methyl sites for hydroxylation is 1. The van der Waals surface area contributed by atoms with Crippen LogP contribution in [0, 0.1) is 6.92 Å². The molecule has 0 radical (unpaired) electrons. The molecule has 0 aromatic heterocycles. The van der Waals surface area contributed by atoms with E-state index in [-0.39, 0.29) is 24.9 Å². The van der Waals surface area contributed by atoms with E-state index in [1.165, 1.54) is 4.90 Å². The Balaban J connectivity index is 2.05. The van der Waals surface area contributed by atoms with Crippen molar-refractivity contribution < 1.29 is 18.0 Å². The topological polar surface area (TPSA) is 86.8 Å². The highest BCUT2D eigenvalue weighted by atomic mass is 35.5. The third-order valence-corrected chi connectivity index (χ3v) is 7.32. The quantitative estimate of drug-likeness (QED) is 0.375. The molecular formula is C29H34ClN3O4S. The maximum absolute atomic E-state index is 14.0. The standard InChI is InChI=1S/C29H34ClN3O4S/c1-21(2)31-29(35)27(18-23-10-6-5-7-11-23)32(19-24-12-8-9-22(3)17-24)28(34)20-33(38(4,36)37)26-15-13-25(30)14-16-26/h5-17,21,27H,18-20H2,1-4H3,(H,31,35)/t27-/m0/s1. The van der Waals surface area contributed by atoms with Gasteiger partial charge in [-0.05, 0) is 56.2 Å². The van der Waals surface area contributed by atoms with Gasteiger partial charge >= 0.3 is 0 Å². The molecule has 0 bridgehead atoms. The first kappa shape index (κ1) is 29.2. The molecule has 1 atom stereocenters. The Hall–Kier alpha value is -3.36. The van der Waals surface area contributed by atoms with Crippen molar-refractivity contribution >= 4 is 39.1 Å². The third kappa shape index (κ3) is 8.33.